The predicted octanol–water partition coefficient (Wildman–Crippen LogP) is 1.40. The molecule has 104 valence electrons. The van der Waals surface area contributed by atoms with Crippen molar-refractivity contribution in [2.24, 2.45) is 11.8 Å². The Labute approximate surface area is 112 Å². The Morgan fingerprint density at radius 3 is 2.83 bits per heavy atom. The zero-order chi connectivity index (χ0) is 12.8. The normalized spacial score (nSPS) is 41.2. The van der Waals surface area contributed by atoms with Crippen molar-refractivity contribution in [3.05, 3.63) is 0 Å². The van der Waals surface area contributed by atoms with Gasteiger partial charge in [-0.3, -0.25) is 9.80 Å². The van der Waals surface area contributed by atoms with Crippen molar-refractivity contribution in [2.75, 3.05) is 39.8 Å². The second-order valence-corrected chi connectivity index (χ2v) is 7.34. The molecule has 3 nitrogen and oxygen atoms in total. The molecule has 2 aliphatic heterocycles. The lowest BCUT2D eigenvalue weighted by Gasteiger charge is -2.46. The van der Waals surface area contributed by atoms with Crippen LogP contribution in [0.15, 0.2) is 0 Å². The summed E-state index contributed by atoms with van der Waals surface area (Å²) in [5, 5.41) is 3.79. The summed E-state index contributed by atoms with van der Waals surface area (Å²) in [6.45, 7) is 11.0. The molecule has 3 rings (SSSR count). The van der Waals surface area contributed by atoms with E-state index < -0.39 is 0 Å². The van der Waals surface area contributed by atoms with Gasteiger partial charge < -0.3 is 5.32 Å². The summed E-state index contributed by atoms with van der Waals surface area (Å²) in [6.07, 6.45) is 4.42. The van der Waals surface area contributed by atoms with E-state index in [9.17, 15) is 0 Å². The summed E-state index contributed by atoms with van der Waals surface area (Å²) in [6, 6.07) is 0.775. The van der Waals surface area contributed by atoms with Crippen LogP contribution in [-0.4, -0.2) is 61.2 Å². The molecule has 3 heteroatoms. The van der Waals surface area contributed by atoms with Gasteiger partial charge in [0.2, 0.25) is 0 Å². The van der Waals surface area contributed by atoms with E-state index in [1.165, 1.54) is 52.0 Å². The lowest BCUT2D eigenvalue weighted by atomic mass is 9.92. The van der Waals surface area contributed by atoms with Crippen molar-refractivity contribution >= 4 is 0 Å². The van der Waals surface area contributed by atoms with Crippen LogP contribution >= 0.6 is 0 Å². The largest absolute Gasteiger partial charge is 0.312 e. The monoisotopic (exact) mass is 251 g/mol. The molecule has 1 aliphatic carbocycles. The Kier molecular flexibility index (Phi) is 3.41. The van der Waals surface area contributed by atoms with Crippen molar-refractivity contribution < 1.29 is 0 Å². The molecule has 3 atom stereocenters. The Bertz CT molecular complexity index is 302. The smallest absolute Gasteiger partial charge is 0.0277 e. The standard InChI is InChI=1S/C15H29N3/c1-15(2)11-18(8-7-17(15)3)10-14-13-6-4-5-12(13)9-16-14/h12-14,16H,4-11H2,1-3H3. The summed E-state index contributed by atoms with van der Waals surface area (Å²) in [4.78, 5) is 5.20. The minimum absolute atomic E-state index is 0.339. The molecular weight excluding hydrogens is 222 g/mol. The van der Waals surface area contributed by atoms with Crippen molar-refractivity contribution in [1.29, 1.82) is 0 Å². The van der Waals surface area contributed by atoms with Crippen molar-refractivity contribution in [3.63, 3.8) is 0 Å². The Balaban J connectivity index is 1.57. The summed E-state index contributed by atoms with van der Waals surface area (Å²) >= 11 is 0. The van der Waals surface area contributed by atoms with Crippen LogP contribution in [0.5, 0.6) is 0 Å². The van der Waals surface area contributed by atoms with Gasteiger partial charge in [-0.25, -0.2) is 0 Å². The van der Waals surface area contributed by atoms with E-state index in [1.54, 1.807) is 0 Å². The minimum atomic E-state index is 0.339. The number of rotatable bonds is 2. The summed E-state index contributed by atoms with van der Waals surface area (Å²) in [5.41, 5.74) is 0.339. The van der Waals surface area contributed by atoms with E-state index in [0.29, 0.717) is 5.54 Å². The first kappa shape index (κ1) is 12.9. The molecule has 2 saturated heterocycles. The summed E-state index contributed by atoms with van der Waals surface area (Å²) in [7, 11) is 2.26. The zero-order valence-corrected chi connectivity index (χ0v) is 12.3. The van der Waals surface area contributed by atoms with E-state index in [4.69, 9.17) is 0 Å². The molecule has 0 spiro atoms. The molecule has 0 aromatic heterocycles. The molecule has 3 fully saturated rings. The lowest BCUT2D eigenvalue weighted by Crippen LogP contribution is -2.59. The molecule has 2 heterocycles. The Hall–Kier alpha value is -0.120. The van der Waals surface area contributed by atoms with Crippen LogP contribution in [-0.2, 0) is 0 Å². The van der Waals surface area contributed by atoms with Gasteiger partial charge in [0.15, 0.2) is 0 Å². The van der Waals surface area contributed by atoms with Gasteiger partial charge in [0.05, 0.1) is 0 Å². The van der Waals surface area contributed by atoms with Crippen LogP contribution in [0.4, 0.5) is 0 Å². The molecule has 0 amide bonds. The van der Waals surface area contributed by atoms with Crippen LogP contribution in [0.3, 0.4) is 0 Å². The highest BCUT2D eigenvalue weighted by atomic mass is 15.3. The van der Waals surface area contributed by atoms with Crippen LogP contribution in [0.25, 0.3) is 0 Å². The highest BCUT2D eigenvalue weighted by Gasteiger charge is 2.40. The lowest BCUT2D eigenvalue weighted by molar-refractivity contribution is 0.0335. The van der Waals surface area contributed by atoms with Crippen LogP contribution in [0, 0.1) is 11.8 Å². The summed E-state index contributed by atoms with van der Waals surface area (Å²) in [5.74, 6) is 1.98. The molecular formula is C15H29N3. The SMILES string of the molecule is CN1CCN(CC2NCC3CCCC32)CC1(C)C. The van der Waals surface area contributed by atoms with E-state index >= 15 is 0 Å². The average molecular weight is 251 g/mol. The third-order valence-electron chi connectivity index (χ3n) is 5.73. The molecule has 3 aliphatic rings. The third kappa shape index (κ3) is 2.33. The molecule has 1 saturated carbocycles. The quantitative estimate of drug-likeness (QED) is 0.800. The number of fused-ring (bicyclic) bond motifs is 1. The van der Waals surface area contributed by atoms with Gasteiger partial charge in [0.25, 0.3) is 0 Å². The predicted molar refractivity (Wildman–Crippen MR) is 75.8 cm³/mol. The average Bonchev–Trinajstić information content (AvgIpc) is 2.88. The fraction of sp³-hybridized carbons (Fsp3) is 1.00. The van der Waals surface area contributed by atoms with E-state index in [-0.39, 0.29) is 0 Å². The molecule has 1 N–H and O–H groups in total. The van der Waals surface area contributed by atoms with Gasteiger partial charge in [-0.1, -0.05) is 6.42 Å². The number of nitrogens with zero attached hydrogens (tertiary/aromatic N) is 2. The number of nitrogens with one attached hydrogen (secondary N) is 1. The molecule has 18 heavy (non-hydrogen) atoms. The first-order valence-corrected chi connectivity index (χ1v) is 7.73. The number of piperazine rings is 1. The van der Waals surface area contributed by atoms with Gasteiger partial charge in [0, 0.05) is 37.8 Å². The molecule has 0 aromatic rings. The van der Waals surface area contributed by atoms with Crippen molar-refractivity contribution in [3.8, 4) is 0 Å². The molecule has 0 radical (unpaired) electrons. The third-order valence-corrected chi connectivity index (χ3v) is 5.73. The highest BCUT2D eigenvalue weighted by Crippen LogP contribution is 2.38. The zero-order valence-electron chi connectivity index (χ0n) is 12.3. The van der Waals surface area contributed by atoms with Gasteiger partial charge >= 0.3 is 0 Å². The minimum Gasteiger partial charge on any atom is -0.312 e. The molecule has 0 aromatic carbocycles. The first-order valence-electron chi connectivity index (χ1n) is 7.73. The van der Waals surface area contributed by atoms with Crippen LogP contribution < -0.4 is 5.32 Å². The topological polar surface area (TPSA) is 18.5 Å². The Morgan fingerprint density at radius 1 is 1.22 bits per heavy atom. The van der Waals surface area contributed by atoms with Crippen LogP contribution in [0.1, 0.15) is 33.1 Å². The number of likely N-dealkylation sites (N-methyl/N-ethyl adjacent to an activating group) is 1. The van der Waals surface area contributed by atoms with Crippen molar-refractivity contribution in [1.82, 2.24) is 15.1 Å². The van der Waals surface area contributed by atoms with Crippen molar-refractivity contribution in [2.45, 2.75) is 44.7 Å². The van der Waals surface area contributed by atoms with E-state index in [2.05, 4.69) is 36.0 Å². The Morgan fingerprint density at radius 2 is 2.06 bits per heavy atom. The van der Waals surface area contributed by atoms with Gasteiger partial charge in [-0.15, -0.1) is 0 Å². The van der Waals surface area contributed by atoms with Gasteiger partial charge in [-0.05, 0) is 52.1 Å². The second-order valence-electron chi connectivity index (χ2n) is 7.34. The fourth-order valence-electron chi connectivity index (χ4n) is 4.28. The maximum atomic E-state index is 3.79. The maximum absolute atomic E-state index is 3.79. The summed E-state index contributed by atoms with van der Waals surface area (Å²) < 4.78 is 0. The van der Waals surface area contributed by atoms with E-state index in [1.807, 2.05) is 0 Å². The number of hydrogen-bond acceptors (Lipinski definition) is 3. The van der Waals surface area contributed by atoms with E-state index in [0.717, 1.165) is 17.9 Å². The fourth-order valence-corrected chi connectivity index (χ4v) is 4.28. The molecule has 3 unspecified atom stereocenters. The highest BCUT2D eigenvalue weighted by molar-refractivity contribution is 4.97. The first-order chi connectivity index (χ1) is 8.56. The van der Waals surface area contributed by atoms with Gasteiger partial charge in [-0.2, -0.15) is 0 Å². The number of hydrogen-bond donors (Lipinski definition) is 1. The van der Waals surface area contributed by atoms with Crippen LogP contribution in [0.2, 0.25) is 0 Å². The van der Waals surface area contributed by atoms with Gasteiger partial charge in [0.1, 0.15) is 0 Å². The second kappa shape index (κ2) is 4.77. The maximum Gasteiger partial charge on any atom is 0.0277 e. The molecule has 0 bridgehead atoms.